The third-order valence-electron chi connectivity index (χ3n) is 4.16. The maximum atomic E-state index is 9.61. The SMILES string of the molecule is CCCCN(CC)C1CCC(CO)(NCC)C1. The van der Waals surface area contributed by atoms with Gasteiger partial charge >= 0.3 is 0 Å². The highest BCUT2D eigenvalue weighted by molar-refractivity contribution is 4.99. The average molecular weight is 242 g/mol. The summed E-state index contributed by atoms with van der Waals surface area (Å²) in [5.74, 6) is 0. The van der Waals surface area contributed by atoms with Crippen LogP contribution in [0.4, 0.5) is 0 Å². The van der Waals surface area contributed by atoms with Crippen LogP contribution in [0.5, 0.6) is 0 Å². The normalized spacial score (nSPS) is 29.1. The van der Waals surface area contributed by atoms with Crippen molar-refractivity contribution >= 4 is 0 Å². The predicted octanol–water partition coefficient (Wildman–Crippen LogP) is 2.00. The highest BCUT2D eigenvalue weighted by atomic mass is 16.3. The van der Waals surface area contributed by atoms with Crippen LogP contribution in [0.15, 0.2) is 0 Å². The Morgan fingerprint density at radius 3 is 2.65 bits per heavy atom. The summed E-state index contributed by atoms with van der Waals surface area (Å²) in [5.41, 5.74) is -0.000941. The Bertz CT molecular complexity index is 210. The van der Waals surface area contributed by atoms with Crippen LogP contribution in [0.3, 0.4) is 0 Å². The van der Waals surface area contributed by atoms with Gasteiger partial charge in [-0.1, -0.05) is 27.2 Å². The molecule has 102 valence electrons. The molecule has 2 atom stereocenters. The lowest BCUT2D eigenvalue weighted by molar-refractivity contribution is 0.145. The molecule has 2 unspecified atom stereocenters. The molecule has 0 radical (unpaired) electrons. The smallest absolute Gasteiger partial charge is 0.0613 e. The summed E-state index contributed by atoms with van der Waals surface area (Å²) in [7, 11) is 0. The molecule has 2 N–H and O–H groups in total. The highest BCUT2D eigenvalue weighted by Crippen LogP contribution is 2.32. The van der Waals surface area contributed by atoms with Gasteiger partial charge in [-0.05, 0) is 45.3 Å². The van der Waals surface area contributed by atoms with Gasteiger partial charge < -0.3 is 15.3 Å². The summed E-state index contributed by atoms with van der Waals surface area (Å²) in [5, 5.41) is 13.1. The summed E-state index contributed by atoms with van der Waals surface area (Å²) >= 11 is 0. The van der Waals surface area contributed by atoms with Crippen LogP contribution < -0.4 is 5.32 Å². The van der Waals surface area contributed by atoms with Crippen LogP contribution in [0.25, 0.3) is 0 Å². The predicted molar refractivity (Wildman–Crippen MR) is 73.3 cm³/mol. The quantitative estimate of drug-likeness (QED) is 0.683. The molecule has 0 saturated heterocycles. The van der Waals surface area contributed by atoms with Gasteiger partial charge in [0.2, 0.25) is 0 Å². The molecule has 0 aromatic rings. The van der Waals surface area contributed by atoms with Crippen molar-refractivity contribution in [3.05, 3.63) is 0 Å². The van der Waals surface area contributed by atoms with Crippen molar-refractivity contribution in [1.29, 1.82) is 0 Å². The van der Waals surface area contributed by atoms with Crippen LogP contribution in [0.1, 0.15) is 52.9 Å². The Morgan fingerprint density at radius 2 is 2.12 bits per heavy atom. The van der Waals surface area contributed by atoms with Crippen molar-refractivity contribution in [3.63, 3.8) is 0 Å². The van der Waals surface area contributed by atoms with Gasteiger partial charge in [0.1, 0.15) is 0 Å². The second kappa shape index (κ2) is 7.34. The van der Waals surface area contributed by atoms with Gasteiger partial charge in [-0.15, -0.1) is 0 Å². The Hall–Kier alpha value is -0.120. The van der Waals surface area contributed by atoms with Crippen molar-refractivity contribution in [2.75, 3.05) is 26.2 Å². The molecule has 17 heavy (non-hydrogen) atoms. The van der Waals surface area contributed by atoms with Crippen LogP contribution in [-0.4, -0.2) is 47.8 Å². The molecule has 0 spiro atoms. The van der Waals surface area contributed by atoms with E-state index < -0.39 is 0 Å². The fourth-order valence-electron chi connectivity index (χ4n) is 3.10. The van der Waals surface area contributed by atoms with E-state index in [-0.39, 0.29) is 12.1 Å². The summed E-state index contributed by atoms with van der Waals surface area (Å²) in [6.45, 7) is 10.2. The van der Waals surface area contributed by atoms with Crippen LogP contribution in [-0.2, 0) is 0 Å². The zero-order valence-corrected chi connectivity index (χ0v) is 11.8. The van der Waals surface area contributed by atoms with E-state index in [1.807, 2.05) is 0 Å². The number of unbranched alkanes of at least 4 members (excludes halogenated alkanes) is 1. The maximum absolute atomic E-state index is 9.61. The molecule has 0 bridgehead atoms. The molecule has 1 saturated carbocycles. The van der Waals surface area contributed by atoms with E-state index in [4.69, 9.17) is 0 Å². The van der Waals surface area contributed by atoms with E-state index in [0.717, 1.165) is 25.9 Å². The minimum absolute atomic E-state index is 0.000941. The third kappa shape index (κ3) is 3.94. The van der Waals surface area contributed by atoms with Crippen LogP contribution >= 0.6 is 0 Å². The molecule has 3 heteroatoms. The molecular formula is C14H30N2O. The minimum Gasteiger partial charge on any atom is -0.394 e. The van der Waals surface area contributed by atoms with Gasteiger partial charge in [-0.3, -0.25) is 0 Å². The van der Waals surface area contributed by atoms with Gasteiger partial charge in [-0.2, -0.15) is 0 Å². The van der Waals surface area contributed by atoms with Gasteiger partial charge in [0, 0.05) is 11.6 Å². The molecular weight excluding hydrogens is 212 g/mol. The molecule has 1 rings (SSSR count). The first kappa shape index (κ1) is 14.9. The number of hydrogen-bond acceptors (Lipinski definition) is 3. The van der Waals surface area contributed by atoms with Gasteiger partial charge in [0.15, 0.2) is 0 Å². The Balaban J connectivity index is 2.51. The van der Waals surface area contributed by atoms with E-state index in [1.165, 1.54) is 25.8 Å². The first-order chi connectivity index (χ1) is 8.21. The number of rotatable bonds is 8. The van der Waals surface area contributed by atoms with E-state index in [9.17, 15) is 5.11 Å². The monoisotopic (exact) mass is 242 g/mol. The Kier molecular flexibility index (Phi) is 6.45. The fourth-order valence-corrected chi connectivity index (χ4v) is 3.10. The number of nitrogens with one attached hydrogen (secondary N) is 1. The van der Waals surface area contributed by atoms with Gasteiger partial charge in [0.25, 0.3) is 0 Å². The molecule has 0 amide bonds. The van der Waals surface area contributed by atoms with E-state index in [2.05, 4.69) is 31.0 Å². The fraction of sp³-hybridized carbons (Fsp3) is 1.00. The molecule has 0 aromatic heterocycles. The second-order valence-electron chi connectivity index (χ2n) is 5.35. The molecule has 0 heterocycles. The van der Waals surface area contributed by atoms with E-state index in [0.29, 0.717) is 6.04 Å². The first-order valence-electron chi connectivity index (χ1n) is 7.31. The molecule has 3 nitrogen and oxygen atoms in total. The number of hydrogen-bond donors (Lipinski definition) is 2. The zero-order chi connectivity index (χ0) is 12.7. The molecule has 0 aliphatic heterocycles. The van der Waals surface area contributed by atoms with Crippen LogP contribution in [0, 0.1) is 0 Å². The van der Waals surface area contributed by atoms with Gasteiger partial charge in [-0.25, -0.2) is 0 Å². The van der Waals surface area contributed by atoms with Gasteiger partial charge in [0.05, 0.1) is 6.61 Å². The lowest BCUT2D eigenvalue weighted by atomic mass is 9.98. The second-order valence-corrected chi connectivity index (χ2v) is 5.35. The maximum Gasteiger partial charge on any atom is 0.0613 e. The Morgan fingerprint density at radius 1 is 1.35 bits per heavy atom. The third-order valence-corrected chi connectivity index (χ3v) is 4.16. The lowest BCUT2D eigenvalue weighted by Crippen LogP contribution is -2.48. The summed E-state index contributed by atoms with van der Waals surface area (Å²) < 4.78 is 0. The molecule has 1 aliphatic carbocycles. The van der Waals surface area contributed by atoms with Crippen molar-refractivity contribution in [2.45, 2.75) is 64.5 Å². The average Bonchev–Trinajstić information content (AvgIpc) is 2.76. The van der Waals surface area contributed by atoms with Crippen molar-refractivity contribution in [3.8, 4) is 0 Å². The number of likely N-dealkylation sites (N-methyl/N-ethyl adjacent to an activating group) is 1. The van der Waals surface area contributed by atoms with Crippen molar-refractivity contribution < 1.29 is 5.11 Å². The molecule has 1 aliphatic rings. The van der Waals surface area contributed by atoms with Crippen LogP contribution in [0.2, 0.25) is 0 Å². The summed E-state index contributed by atoms with van der Waals surface area (Å²) in [4.78, 5) is 2.60. The van der Waals surface area contributed by atoms with Crippen molar-refractivity contribution in [1.82, 2.24) is 10.2 Å². The number of nitrogens with zero attached hydrogens (tertiary/aromatic N) is 1. The topological polar surface area (TPSA) is 35.5 Å². The lowest BCUT2D eigenvalue weighted by Gasteiger charge is -2.31. The highest BCUT2D eigenvalue weighted by Gasteiger charge is 2.39. The van der Waals surface area contributed by atoms with E-state index in [1.54, 1.807) is 0 Å². The number of aliphatic hydroxyl groups is 1. The van der Waals surface area contributed by atoms with E-state index >= 15 is 0 Å². The summed E-state index contributed by atoms with van der Waals surface area (Å²) in [6, 6.07) is 0.665. The zero-order valence-electron chi connectivity index (χ0n) is 11.8. The summed E-state index contributed by atoms with van der Waals surface area (Å²) in [6.07, 6.45) is 6.00. The first-order valence-corrected chi connectivity index (χ1v) is 7.31. The minimum atomic E-state index is -0.000941. The number of aliphatic hydroxyl groups excluding tert-OH is 1. The largest absolute Gasteiger partial charge is 0.394 e. The molecule has 1 fully saturated rings. The Labute approximate surface area is 107 Å². The van der Waals surface area contributed by atoms with Crippen molar-refractivity contribution in [2.24, 2.45) is 0 Å². The molecule has 0 aromatic carbocycles. The standard InChI is InChI=1S/C14H30N2O/c1-4-7-10-16(6-3)13-8-9-14(11-13,12-17)15-5-2/h13,15,17H,4-12H2,1-3H3.